The van der Waals surface area contributed by atoms with Crippen LogP contribution in [0.2, 0.25) is 10.0 Å². The molecule has 0 unspecified atom stereocenters. The largest absolute Gasteiger partial charge is 0.434 e. The Morgan fingerprint density at radius 1 is 1.23 bits per heavy atom. The van der Waals surface area contributed by atoms with Crippen molar-refractivity contribution in [2.24, 2.45) is 0 Å². The first-order valence-corrected chi connectivity index (χ1v) is 8.55. The second-order valence-electron chi connectivity index (χ2n) is 6.63. The summed E-state index contributed by atoms with van der Waals surface area (Å²) in [6.07, 6.45) is -3.86. The zero-order valence-corrected chi connectivity index (χ0v) is 16.2. The smallest absolute Gasteiger partial charge is 0.333 e. The minimum atomic E-state index is -4.80. The highest BCUT2D eigenvalue weighted by molar-refractivity contribution is 6.35. The molecule has 1 aromatic carbocycles. The molecule has 0 aliphatic rings. The summed E-state index contributed by atoms with van der Waals surface area (Å²) in [7, 11) is 0. The molecule has 0 fully saturated rings. The van der Waals surface area contributed by atoms with E-state index in [9.17, 15) is 18.0 Å². The molecular weight excluding hydrogens is 390 g/mol. The van der Waals surface area contributed by atoms with Crippen LogP contribution in [0, 0.1) is 0 Å². The summed E-state index contributed by atoms with van der Waals surface area (Å²) >= 11 is 11.8. The first-order chi connectivity index (χ1) is 11.9. The van der Waals surface area contributed by atoms with E-state index in [4.69, 9.17) is 23.2 Å². The average Bonchev–Trinajstić information content (AvgIpc) is 2.91. The Hall–Kier alpha value is -1.73. The third-order valence-electron chi connectivity index (χ3n) is 3.78. The summed E-state index contributed by atoms with van der Waals surface area (Å²) in [5, 5.41) is 0.302. The Morgan fingerprint density at radius 3 is 2.31 bits per heavy atom. The lowest BCUT2D eigenvalue weighted by Gasteiger charge is -2.34. The van der Waals surface area contributed by atoms with E-state index < -0.39 is 29.0 Å². The van der Waals surface area contributed by atoms with E-state index in [-0.39, 0.29) is 22.3 Å². The highest BCUT2D eigenvalue weighted by Crippen LogP contribution is 2.36. The molecule has 9 heteroatoms. The van der Waals surface area contributed by atoms with Crippen LogP contribution >= 0.6 is 23.2 Å². The number of benzene rings is 1. The molecule has 0 spiro atoms. The number of alkyl halides is 3. The molecule has 142 valence electrons. The van der Waals surface area contributed by atoms with Crippen LogP contribution in [0.4, 0.5) is 13.2 Å². The Balaban J connectivity index is 2.67. The highest BCUT2D eigenvalue weighted by Gasteiger charge is 2.42. The number of imidazole rings is 1. The summed E-state index contributed by atoms with van der Waals surface area (Å²) in [5.41, 5.74) is -2.46. The molecule has 0 bridgehead atoms. The van der Waals surface area contributed by atoms with Crippen molar-refractivity contribution in [3.8, 4) is 5.69 Å². The summed E-state index contributed by atoms with van der Waals surface area (Å²) in [6, 6.07) is 4.09. The summed E-state index contributed by atoms with van der Waals surface area (Å²) in [4.78, 5) is 17.9. The van der Waals surface area contributed by atoms with E-state index in [0.717, 1.165) is 10.9 Å². The molecule has 2 rings (SSSR count). The molecule has 0 aliphatic heterocycles. The van der Waals surface area contributed by atoms with Crippen molar-refractivity contribution >= 4 is 29.1 Å². The van der Waals surface area contributed by atoms with E-state index in [1.54, 1.807) is 27.7 Å². The summed E-state index contributed by atoms with van der Waals surface area (Å²) in [5.74, 6) is -0.795. The molecule has 1 amide bonds. The third-order valence-corrected chi connectivity index (χ3v) is 4.32. The van der Waals surface area contributed by atoms with Gasteiger partial charge in [0, 0.05) is 17.1 Å². The first kappa shape index (κ1) is 20.6. The van der Waals surface area contributed by atoms with Crippen molar-refractivity contribution in [2.45, 2.75) is 39.4 Å². The van der Waals surface area contributed by atoms with Gasteiger partial charge in [0.15, 0.2) is 11.4 Å². The zero-order chi connectivity index (χ0) is 19.9. The maximum atomic E-state index is 13.8. The second-order valence-corrected chi connectivity index (χ2v) is 7.47. The van der Waals surface area contributed by atoms with Gasteiger partial charge in [-0.15, -0.1) is 0 Å². The van der Waals surface area contributed by atoms with E-state index in [2.05, 4.69) is 4.98 Å². The molecule has 1 heterocycles. The molecule has 0 saturated heterocycles. The van der Waals surface area contributed by atoms with Crippen LogP contribution in [0.1, 0.15) is 43.9 Å². The summed E-state index contributed by atoms with van der Waals surface area (Å²) in [6.45, 7) is 7.18. The van der Waals surface area contributed by atoms with Gasteiger partial charge >= 0.3 is 6.18 Å². The average molecular weight is 408 g/mol. The zero-order valence-electron chi connectivity index (χ0n) is 14.7. The topological polar surface area (TPSA) is 38.1 Å². The van der Waals surface area contributed by atoms with Gasteiger partial charge in [-0.05, 0) is 45.9 Å². The van der Waals surface area contributed by atoms with Crippen LogP contribution in [0.3, 0.4) is 0 Å². The molecule has 0 atom stereocenters. The van der Waals surface area contributed by atoms with Gasteiger partial charge in [-0.3, -0.25) is 9.36 Å². The fourth-order valence-electron chi connectivity index (χ4n) is 2.69. The maximum absolute atomic E-state index is 13.8. The fourth-order valence-corrected chi connectivity index (χ4v) is 3.19. The minimum absolute atomic E-state index is 0.0163. The van der Waals surface area contributed by atoms with Crippen molar-refractivity contribution in [3.63, 3.8) is 0 Å². The molecule has 0 aliphatic carbocycles. The number of aromatic nitrogens is 2. The van der Waals surface area contributed by atoms with Crippen molar-refractivity contribution < 1.29 is 18.0 Å². The SMILES string of the molecule is CCN(C(=O)c1ncn(-c2ccc(Cl)cc2Cl)c1C(F)(F)F)C(C)(C)C. The van der Waals surface area contributed by atoms with Gasteiger partial charge in [0.1, 0.15) is 6.33 Å². The number of rotatable bonds is 3. The van der Waals surface area contributed by atoms with Crippen molar-refractivity contribution in [1.29, 1.82) is 0 Å². The molecule has 4 nitrogen and oxygen atoms in total. The lowest BCUT2D eigenvalue weighted by atomic mass is 10.1. The molecule has 26 heavy (non-hydrogen) atoms. The normalized spacial score (nSPS) is 12.3. The number of hydrogen-bond donors (Lipinski definition) is 0. The highest BCUT2D eigenvalue weighted by atomic mass is 35.5. The Bertz CT molecular complexity index is 826. The van der Waals surface area contributed by atoms with Crippen molar-refractivity contribution in [2.75, 3.05) is 6.54 Å². The predicted molar refractivity (Wildman–Crippen MR) is 95.0 cm³/mol. The maximum Gasteiger partial charge on any atom is 0.434 e. The van der Waals surface area contributed by atoms with Crippen LogP contribution in [0.5, 0.6) is 0 Å². The van der Waals surface area contributed by atoms with Gasteiger partial charge < -0.3 is 4.90 Å². The van der Waals surface area contributed by atoms with Crippen molar-refractivity contribution in [3.05, 3.63) is 46.0 Å². The lowest BCUT2D eigenvalue weighted by Crippen LogP contribution is -2.46. The molecule has 2 aromatic rings. The van der Waals surface area contributed by atoms with Gasteiger partial charge in [-0.25, -0.2) is 4.98 Å². The van der Waals surface area contributed by atoms with Gasteiger partial charge in [0.2, 0.25) is 0 Å². The first-order valence-electron chi connectivity index (χ1n) is 7.79. The van der Waals surface area contributed by atoms with E-state index in [1.165, 1.54) is 23.1 Å². The number of nitrogens with zero attached hydrogens (tertiary/aromatic N) is 3. The molecule has 0 N–H and O–H groups in total. The van der Waals surface area contributed by atoms with Crippen LogP contribution < -0.4 is 0 Å². The van der Waals surface area contributed by atoms with E-state index >= 15 is 0 Å². The van der Waals surface area contributed by atoms with Gasteiger partial charge in [-0.1, -0.05) is 23.2 Å². The fraction of sp³-hybridized carbons (Fsp3) is 0.412. The molecule has 1 aromatic heterocycles. The van der Waals surface area contributed by atoms with Crippen LogP contribution in [0.15, 0.2) is 24.5 Å². The molecule has 0 radical (unpaired) electrons. The van der Waals surface area contributed by atoms with Gasteiger partial charge in [-0.2, -0.15) is 13.2 Å². The van der Waals surface area contributed by atoms with Crippen LogP contribution in [-0.2, 0) is 6.18 Å². The third kappa shape index (κ3) is 3.99. The van der Waals surface area contributed by atoms with Crippen molar-refractivity contribution in [1.82, 2.24) is 14.5 Å². The minimum Gasteiger partial charge on any atom is -0.333 e. The number of carbonyl (C=O) groups is 1. The van der Waals surface area contributed by atoms with Crippen LogP contribution in [-0.4, -0.2) is 32.4 Å². The van der Waals surface area contributed by atoms with E-state index in [1.807, 2.05) is 0 Å². The lowest BCUT2D eigenvalue weighted by molar-refractivity contribution is -0.142. The molecular formula is C17H18Cl2F3N3O. The number of hydrogen-bond acceptors (Lipinski definition) is 2. The van der Waals surface area contributed by atoms with E-state index in [0.29, 0.717) is 0 Å². The molecule has 0 saturated carbocycles. The Kier molecular flexibility index (Phi) is 5.63. The number of carbonyl (C=O) groups excluding carboxylic acids is 1. The van der Waals surface area contributed by atoms with Gasteiger partial charge in [0.05, 0.1) is 10.7 Å². The number of halogens is 5. The quantitative estimate of drug-likeness (QED) is 0.677. The van der Waals surface area contributed by atoms with Crippen LogP contribution in [0.25, 0.3) is 5.69 Å². The second kappa shape index (κ2) is 7.12. The summed E-state index contributed by atoms with van der Waals surface area (Å²) < 4.78 is 42.1. The standard InChI is InChI=1S/C17H18Cl2F3N3O/c1-5-25(16(2,3)4)15(26)13-14(17(20,21)22)24(9-23-13)12-7-6-10(18)8-11(12)19/h6-9H,5H2,1-4H3. The Morgan fingerprint density at radius 2 is 1.85 bits per heavy atom. The number of amides is 1. The monoisotopic (exact) mass is 407 g/mol. The Labute approximate surface area is 159 Å². The predicted octanol–water partition coefficient (Wildman–Crippen LogP) is 5.46. The van der Waals surface area contributed by atoms with Gasteiger partial charge in [0.25, 0.3) is 5.91 Å².